The van der Waals surface area contributed by atoms with E-state index in [9.17, 15) is 4.79 Å². The summed E-state index contributed by atoms with van der Waals surface area (Å²) in [6.45, 7) is 0.280. The molecule has 0 saturated heterocycles. The molecular weight excluding hydrogens is 116 g/mol. The molecule has 2 heteroatoms. The third-order valence-corrected chi connectivity index (χ3v) is 2.77. The first kappa shape index (κ1) is 5.42. The van der Waals surface area contributed by atoms with E-state index in [-0.39, 0.29) is 17.4 Å². The molecule has 1 N–H and O–H groups in total. The lowest BCUT2D eigenvalue weighted by atomic mass is 9.36. The molecule has 0 heterocycles. The van der Waals surface area contributed by atoms with Crippen LogP contribution in [0.2, 0.25) is 0 Å². The first-order valence-electron chi connectivity index (χ1n) is 3.32. The van der Waals surface area contributed by atoms with E-state index < -0.39 is 0 Å². The van der Waals surface area contributed by atoms with E-state index in [0.29, 0.717) is 0 Å². The summed E-state index contributed by atoms with van der Waals surface area (Å²) in [5, 5.41) is 8.78. The Morgan fingerprint density at radius 2 is 2.00 bits per heavy atom. The molecule has 0 radical (unpaired) electrons. The van der Waals surface area contributed by atoms with E-state index in [1.807, 2.05) is 0 Å². The lowest BCUT2D eigenvalue weighted by Crippen LogP contribution is -2.64. The molecule has 3 saturated carbocycles. The third kappa shape index (κ3) is 0.433. The molecule has 3 rings (SSSR count). The lowest BCUT2D eigenvalue weighted by molar-refractivity contribution is -0.208. The molecule has 50 valence electrons. The summed E-state index contributed by atoms with van der Waals surface area (Å²) < 4.78 is 0. The molecule has 3 fully saturated rings. The van der Waals surface area contributed by atoms with Crippen LogP contribution in [0.25, 0.3) is 0 Å². The lowest BCUT2D eigenvalue weighted by Gasteiger charge is -2.67. The van der Waals surface area contributed by atoms with Crippen LogP contribution >= 0.6 is 0 Å². The van der Waals surface area contributed by atoms with Crippen LogP contribution in [0.4, 0.5) is 0 Å². The van der Waals surface area contributed by atoms with Gasteiger partial charge >= 0.3 is 0 Å². The Labute approximate surface area is 53.9 Å². The molecule has 0 aromatic carbocycles. The Bertz CT molecular complexity index is 143. The third-order valence-electron chi connectivity index (χ3n) is 2.77. The first-order valence-corrected chi connectivity index (χ1v) is 3.32. The van der Waals surface area contributed by atoms with Gasteiger partial charge in [0.15, 0.2) is 0 Å². The van der Waals surface area contributed by atoms with Gasteiger partial charge in [-0.1, -0.05) is 0 Å². The standard InChI is InChI=1S/C7H10O2/c8-4-6-1-7(2-6,3-6)5-9/h4,9H,1-3,5H2. The molecule has 0 atom stereocenters. The van der Waals surface area contributed by atoms with Crippen LogP contribution in [0.3, 0.4) is 0 Å². The topological polar surface area (TPSA) is 37.3 Å². The van der Waals surface area contributed by atoms with E-state index >= 15 is 0 Å². The van der Waals surface area contributed by atoms with Crippen molar-refractivity contribution in [1.29, 1.82) is 0 Å². The highest BCUT2D eigenvalue weighted by atomic mass is 16.3. The van der Waals surface area contributed by atoms with Gasteiger partial charge in [0.25, 0.3) is 0 Å². The molecule has 2 bridgehead atoms. The molecule has 0 unspecified atom stereocenters. The zero-order valence-electron chi connectivity index (χ0n) is 5.26. The van der Waals surface area contributed by atoms with Crippen molar-refractivity contribution >= 4 is 6.29 Å². The van der Waals surface area contributed by atoms with Gasteiger partial charge in [0, 0.05) is 12.0 Å². The first-order chi connectivity index (χ1) is 4.24. The summed E-state index contributed by atoms with van der Waals surface area (Å²) in [4.78, 5) is 10.3. The summed E-state index contributed by atoms with van der Waals surface area (Å²) in [5.41, 5.74) is 0.226. The maximum absolute atomic E-state index is 10.3. The van der Waals surface area contributed by atoms with Crippen molar-refractivity contribution in [1.82, 2.24) is 0 Å². The summed E-state index contributed by atoms with van der Waals surface area (Å²) in [6.07, 6.45) is 3.89. The maximum Gasteiger partial charge on any atom is 0.126 e. The second kappa shape index (κ2) is 1.21. The Hall–Kier alpha value is -0.370. The van der Waals surface area contributed by atoms with Crippen LogP contribution in [0.15, 0.2) is 0 Å². The molecular formula is C7H10O2. The SMILES string of the molecule is O=CC12CC(CO)(C1)C2. The summed E-state index contributed by atoms with van der Waals surface area (Å²) in [6, 6.07) is 0. The smallest absolute Gasteiger partial charge is 0.126 e. The van der Waals surface area contributed by atoms with Gasteiger partial charge in [-0.2, -0.15) is 0 Å². The van der Waals surface area contributed by atoms with Crippen molar-refractivity contribution in [2.24, 2.45) is 10.8 Å². The van der Waals surface area contributed by atoms with Gasteiger partial charge in [0.1, 0.15) is 6.29 Å². The average Bonchev–Trinajstić information content (AvgIpc) is 1.62. The minimum absolute atomic E-state index is 0.0305. The molecule has 9 heavy (non-hydrogen) atoms. The van der Waals surface area contributed by atoms with Gasteiger partial charge in [0.2, 0.25) is 0 Å². The van der Waals surface area contributed by atoms with Crippen LogP contribution < -0.4 is 0 Å². The minimum atomic E-state index is 0.0305. The summed E-state index contributed by atoms with van der Waals surface area (Å²) >= 11 is 0. The van der Waals surface area contributed by atoms with Crippen molar-refractivity contribution in [3.8, 4) is 0 Å². The second-order valence-electron chi connectivity index (χ2n) is 3.67. The summed E-state index contributed by atoms with van der Waals surface area (Å²) in [7, 11) is 0. The van der Waals surface area contributed by atoms with Gasteiger partial charge in [-0.15, -0.1) is 0 Å². The highest BCUT2D eigenvalue weighted by Crippen LogP contribution is 2.71. The van der Waals surface area contributed by atoms with Crippen LogP contribution in [-0.4, -0.2) is 18.0 Å². The molecule has 0 aliphatic heterocycles. The highest BCUT2D eigenvalue weighted by molar-refractivity contribution is 5.66. The Morgan fingerprint density at radius 3 is 2.33 bits per heavy atom. The van der Waals surface area contributed by atoms with E-state index in [1.165, 1.54) is 0 Å². The fourth-order valence-electron chi connectivity index (χ4n) is 2.38. The van der Waals surface area contributed by atoms with Crippen LogP contribution in [0.1, 0.15) is 19.3 Å². The largest absolute Gasteiger partial charge is 0.396 e. The molecule has 0 amide bonds. The van der Waals surface area contributed by atoms with Gasteiger partial charge in [-0.25, -0.2) is 0 Å². The predicted octanol–water partition coefficient (Wildman–Crippen LogP) is 0.348. The Kier molecular flexibility index (Phi) is 0.730. The highest BCUT2D eigenvalue weighted by Gasteiger charge is 2.67. The van der Waals surface area contributed by atoms with E-state index in [0.717, 1.165) is 25.5 Å². The monoisotopic (exact) mass is 126 g/mol. The Balaban J connectivity index is 2.03. The van der Waals surface area contributed by atoms with Crippen molar-refractivity contribution in [2.75, 3.05) is 6.61 Å². The van der Waals surface area contributed by atoms with Crippen LogP contribution in [0.5, 0.6) is 0 Å². The van der Waals surface area contributed by atoms with E-state index in [1.54, 1.807) is 0 Å². The quantitative estimate of drug-likeness (QED) is 0.542. The maximum atomic E-state index is 10.3. The van der Waals surface area contributed by atoms with Crippen molar-refractivity contribution in [3.63, 3.8) is 0 Å². The van der Waals surface area contributed by atoms with E-state index in [4.69, 9.17) is 5.11 Å². The molecule has 2 nitrogen and oxygen atoms in total. The fraction of sp³-hybridized carbons (Fsp3) is 0.857. The van der Waals surface area contributed by atoms with Crippen molar-refractivity contribution in [3.05, 3.63) is 0 Å². The predicted molar refractivity (Wildman–Crippen MR) is 31.9 cm³/mol. The van der Waals surface area contributed by atoms with Crippen molar-refractivity contribution < 1.29 is 9.90 Å². The minimum Gasteiger partial charge on any atom is -0.396 e. The van der Waals surface area contributed by atoms with Gasteiger partial charge in [-0.05, 0) is 24.7 Å². The Morgan fingerprint density at radius 1 is 1.44 bits per heavy atom. The fourth-order valence-corrected chi connectivity index (χ4v) is 2.38. The number of rotatable bonds is 2. The number of hydrogen-bond acceptors (Lipinski definition) is 2. The molecule has 0 spiro atoms. The zero-order valence-corrected chi connectivity index (χ0v) is 5.26. The second-order valence-corrected chi connectivity index (χ2v) is 3.67. The number of aliphatic hydroxyl groups excluding tert-OH is 1. The van der Waals surface area contributed by atoms with Gasteiger partial charge in [0.05, 0.1) is 0 Å². The molecule has 3 aliphatic carbocycles. The average molecular weight is 126 g/mol. The summed E-state index contributed by atoms with van der Waals surface area (Å²) in [5.74, 6) is 0. The van der Waals surface area contributed by atoms with E-state index in [2.05, 4.69) is 0 Å². The molecule has 0 aromatic heterocycles. The number of carbonyl (C=O) groups is 1. The van der Waals surface area contributed by atoms with Crippen LogP contribution in [0, 0.1) is 10.8 Å². The normalized spacial score (nSPS) is 53.4. The zero-order chi connectivity index (χ0) is 6.54. The number of carbonyl (C=O) groups excluding carboxylic acids is 1. The molecule has 3 aliphatic rings. The number of hydrogen-bond donors (Lipinski definition) is 1. The van der Waals surface area contributed by atoms with Gasteiger partial charge in [-0.3, -0.25) is 0 Å². The van der Waals surface area contributed by atoms with Gasteiger partial charge < -0.3 is 9.90 Å². The molecule has 0 aromatic rings. The van der Waals surface area contributed by atoms with Crippen molar-refractivity contribution in [2.45, 2.75) is 19.3 Å². The number of aliphatic hydroxyl groups is 1. The number of aldehydes is 1. The van der Waals surface area contributed by atoms with Crippen LogP contribution in [-0.2, 0) is 4.79 Å².